The van der Waals surface area contributed by atoms with Crippen LogP contribution in [0.3, 0.4) is 0 Å². The van der Waals surface area contributed by atoms with Gasteiger partial charge in [-0.2, -0.15) is 0 Å². The lowest BCUT2D eigenvalue weighted by molar-refractivity contribution is 0.499. The van der Waals surface area contributed by atoms with Crippen molar-refractivity contribution in [1.29, 1.82) is 0 Å². The van der Waals surface area contributed by atoms with Gasteiger partial charge in [-0.05, 0) is 11.8 Å². The predicted molar refractivity (Wildman–Crippen MR) is 37.5 cm³/mol. The fourth-order valence-electron chi connectivity index (χ4n) is 0.231. The Balaban J connectivity index is 3.15. The van der Waals surface area contributed by atoms with Gasteiger partial charge in [0.1, 0.15) is 0 Å². The third-order valence-electron chi connectivity index (χ3n) is 0.690. The van der Waals surface area contributed by atoms with E-state index in [1.807, 2.05) is 0 Å². The Morgan fingerprint density at radius 2 is 1.86 bits per heavy atom. The minimum atomic E-state index is 0.378. The Labute approximate surface area is 54.4 Å². The number of halogens is 1. The van der Waals surface area contributed by atoms with Gasteiger partial charge in [-0.3, -0.25) is 0 Å². The summed E-state index contributed by atoms with van der Waals surface area (Å²) in [5.41, 5.74) is 0.378. The first-order chi connectivity index (χ1) is 3.06. The maximum absolute atomic E-state index is 3.33. The lowest BCUT2D eigenvalue weighted by atomic mass is 9.94. The van der Waals surface area contributed by atoms with E-state index in [9.17, 15) is 0 Å². The Kier molecular flexibility index (Phi) is 2.89. The van der Waals surface area contributed by atoms with Crippen LogP contribution in [0.2, 0.25) is 0 Å². The van der Waals surface area contributed by atoms with Gasteiger partial charge in [-0.25, -0.2) is 0 Å². The molecule has 0 saturated heterocycles. The van der Waals surface area contributed by atoms with Gasteiger partial charge >= 0.3 is 0 Å². The second-order valence-corrected chi connectivity index (χ2v) is 3.37. The van der Waals surface area contributed by atoms with Crippen LogP contribution >= 0.6 is 15.9 Å². The Hall–Kier alpha value is 0.480. The van der Waals surface area contributed by atoms with Gasteiger partial charge in [-0.1, -0.05) is 36.7 Å². The second kappa shape index (κ2) is 2.71. The highest BCUT2D eigenvalue weighted by Crippen LogP contribution is 2.17. The largest absolute Gasteiger partial charge is 0.0925 e. The monoisotopic (exact) mass is 163 g/mol. The van der Waals surface area contributed by atoms with Crippen molar-refractivity contribution in [2.45, 2.75) is 20.8 Å². The van der Waals surface area contributed by atoms with Gasteiger partial charge in [0.25, 0.3) is 0 Å². The van der Waals surface area contributed by atoms with Crippen LogP contribution in [-0.4, -0.2) is 5.33 Å². The minimum absolute atomic E-state index is 0.378. The molecule has 0 aliphatic carbocycles. The first kappa shape index (κ1) is 7.48. The zero-order valence-corrected chi connectivity index (χ0v) is 6.75. The summed E-state index contributed by atoms with van der Waals surface area (Å²) in [5.74, 6) is 0. The molecule has 0 aliphatic heterocycles. The van der Waals surface area contributed by atoms with Crippen molar-refractivity contribution in [2.24, 2.45) is 5.41 Å². The molecule has 0 aromatic carbocycles. The molecule has 0 aromatic rings. The third-order valence-corrected chi connectivity index (χ3v) is 1.01. The summed E-state index contributed by atoms with van der Waals surface area (Å²) in [6, 6.07) is 0. The maximum Gasteiger partial charge on any atom is 0.00678 e. The van der Waals surface area contributed by atoms with Gasteiger partial charge in [-0.15, -0.1) is 0 Å². The molecule has 0 atom stereocenters. The van der Waals surface area contributed by atoms with Crippen molar-refractivity contribution in [1.82, 2.24) is 0 Å². The normalized spacial score (nSPS) is 12.0. The molecular weight excluding hydrogens is 152 g/mol. The smallest absolute Gasteiger partial charge is 0.00678 e. The molecule has 43 valence electrons. The third kappa shape index (κ3) is 6.48. The van der Waals surface area contributed by atoms with Gasteiger partial charge < -0.3 is 0 Å². The first-order valence-electron chi connectivity index (χ1n) is 2.46. The van der Waals surface area contributed by atoms with E-state index in [-0.39, 0.29) is 0 Å². The van der Waals surface area contributed by atoms with Gasteiger partial charge in [0.05, 0.1) is 0 Å². The summed E-state index contributed by atoms with van der Waals surface area (Å²) >= 11 is 3.33. The zero-order valence-electron chi connectivity index (χ0n) is 5.16. The molecule has 0 amide bonds. The van der Waals surface area contributed by atoms with Crippen LogP contribution in [0.4, 0.5) is 0 Å². The second-order valence-electron chi connectivity index (χ2n) is 2.72. The van der Waals surface area contributed by atoms with Gasteiger partial charge in [0.15, 0.2) is 0 Å². The highest BCUT2D eigenvalue weighted by atomic mass is 79.9. The summed E-state index contributed by atoms with van der Waals surface area (Å²) in [7, 11) is 0. The molecule has 0 aliphatic rings. The van der Waals surface area contributed by atoms with E-state index in [4.69, 9.17) is 0 Å². The van der Waals surface area contributed by atoms with Crippen molar-refractivity contribution in [3.8, 4) is 0 Å². The molecule has 0 saturated carbocycles. The van der Waals surface area contributed by atoms with Crippen LogP contribution in [0.15, 0.2) is 0 Å². The van der Waals surface area contributed by atoms with Crippen LogP contribution in [-0.2, 0) is 0 Å². The van der Waals surface area contributed by atoms with Crippen LogP contribution in [0.1, 0.15) is 20.8 Å². The molecule has 0 nitrogen and oxygen atoms in total. The molecule has 0 unspecified atom stereocenters. The molecular formula is C6H12Br. The number of alkyl halides is 1. The molecule has 0 N–H and O–H groups in total. The lowest BCUT2D eigenvalue weighted by Crippen LogP contribution is -2.05. The number of hydrogen-bond acceptors (Lipinski definition) is 0. The quantitative estimate of drug-likeness (QED) is 0.522. The number of rotatable bonds is 1. The van der Waals surface area contributed by atoms with E-state index in [1.54, 1.807) is 0 Å². The molecule has 1 radical (unpaired) electrons. The molecule has 0 heterocycles. The minimum Gasteiger partial charge on any atom is -0.0925 e. The average molecular weight is 164 g/mol. The number of hydrogen-bond donors (Lipinski definition) is 0. The van der Waals surface area contributed by atoms with E-state index in [0.29, 0.717) is 5.41 Å². The summed E-state index contributed by atoms with van der Waals surface area (Å²) in [5, 5.41) is 0.997. The first-order valence-corrected chi connectivity index (χ1v) is 3.59. The summed E-state index contributed by atoms with van der Waals surface area (Å²) in [4.78, 5) is 0. The van der Waals surface area contributed by atoms with Crippen molar-refractivity contribution in [3.63, 3.8) is 0 Å². The highest BCUT2D eigenvalue weighted by molar-refractivity contribution is 9.09. The Bertz CT molecular complexity index is 42.6. The van der Waals surface area contributed by atoms with E-state index in [1.165, 1.54) is 0 Å². The zero-order chi connectivity index (χ0) is 5.91. The van der Waals surface area contributed by atoms with E-state index < -0.39 is 0 Å². The van der Waals surface area contributed by atoms with Crippen molar-refractivity contribution >= 4 is 15.9 Å². The van der Waals surface area contributed by atoms with E-state index in [2.05, 4.69) is 43.1 Å². The topological polar surface area (TPSA) is 0 Å². The average Bonchev–Trinajstić information content (AvgIpc) is 1.30. The van der Waals surface area contributed by atoms with E-state index >= 15 is 0 Å². The molecule has 7 heavy (non-hydrogen) atoms. The maximum atomic E-state index is 3.33. The summed E-state index contributed by atoms with van der Waals surface area (Å²) < 4.78 is 0. The van der Waals surface area contributed by atoms with Crippen LogP contribution in [0.5, 0.6) is 0 Å². The molecule has 0 spiro atoms. The molecule has 0 rings (SSSR count). The fraction of sp³-hybridized carbons (Fsp3) is 0.833. The standard InChI is InChI=1S/C6H12Br/c1-6(2,3)4-5-7/h4H,5H2,1-3H3. The molecule has 0 fully saturated rings. The van der Waals surface area contributed by atoms with Crippen molar-refractivity contribution in [2.75, 3.05) is 5.33 Å². The Morgan fingerprint density at radius 3 is 1.86 bits per heavy atom. The van der Waals surface area contributed by atoms with Gasteiger partial charge in [0.2, 0.25) is 0 Å². The van der Waals surface area contributed by atoms with Crippen LogP contribution in [0.25, 0.3) is 0 Å². The molecule has 1 heteroatoms. The summed E-state index contributed by atoms with van der Waals surface area (Å²) in [6.07, 6.45) is 2.23. The van der Waals surface area contributed by atoms with Crippen molar-refractivity contribution in [3.05, 3.63) is 6.42 Å². The predicted octanol–water partition coefficient (Wildman–Crippen LogP) is 2.63. The SMILES string of the molecule is CC(C)(C)[CH]CBr. The van der Waals surface area contributed by atoms with E-state index in [0.717, 1.165) is 5.33 Å². The van der Waals surface area contributed by atoms with Crippen LogP contribution < -0.4 is 0 Å². The van der Waals surface area contributed by atoms with Gasteiger partial charge in [0, 0.05) is 5.33 Å². The Morgan fingerprint density at radius 1 is 1.43 bits per heavy atom. The highest BCUT2D eigenvalue weighted by Gasteiger charge is 2.07. The molecule has 0 aromatic heterocycles. The lowest BCUT2D eigenvalue weighted by Gasteiger charge is -2.14. The van der Waals surface area contributed by atoms with Crippen LogP contribution in [0, 0.1) is 11.8 Å². The fourth-order valence-corrected chi connectivity index (χ4v) is 1.20. The summed E-state index contributed by atoms with van der Waals surface area (Å²) in [6.45, 7) is 6.57. The molecule has 0 bridgehead atoms. The van der Waals surface area contributed by atoms with Crippen molar-refractivity contribution < 1.29 is 0 Å².